The lowest BCUT2D eigenvalue weighted by Gasteiger charge is -2.32. The van der Waals surface area contributed by atoms with Crippen molar-refractivity contribution >= 4 is 16.7 Å². The van der Waals surface area contributed by atoms with Crippen LogP contribution in [0.4, 0.5) is 19.0 Å². The van der Waals surface area contributed by atoms with Crippen molar-refractivity contribution in [1.29, 1.82) is 0 Å². The molecule has 0 unspecified atom stereocenters. The maximum absolute atomic E-state index is 14.1. The Kier molecular flexibility index (Phi) is 7.21. The van der Waals surface area contributed by atoms with Gasteiger partial charge in [0.2, 0.25) is 0 Å². The molecule has 42 heavy (non-hydrogen) atoms. The fourth-order valence-corrected chi connectivity index (χ4v) is 5.60. The Balaban J connectivity index is 1.45. The van der Waals surface area contributed by atoms with E-state index in [0.29, 0.717) is 56.3 Å². The van der Waals surface area contributed by atoms with Gasteiger partial charge >= 0.3 is 6.18 Å². The SMILES string of the molecule is CCOc1cc2ncnc(N3CCc4c(cc(Cn5ccnc5)cc4-c4cn(C)nc4C(F)(F)F)C3)c2cc1OCC. The van der Waals surface area contributed by atoms with Gasteiger partial charge in [-0.3, -0.25) is 4.68 Å². The zero-order valence-electron chi connectivity index (χ0n) is 23.5. The summed E-state index contributed by atoms with van der Waals surface area (Å²) in [5, 5.41) is 4.59. The van der Waals surface area contributed by atoms with Crippen LogP contribution in [0.3, 0.4) is 0 Å². The molecule has 0 N–H and O–H groups in total. The second-order valence-electron chi connectivity index (χ2n) is 10.1. The Morgan fingerprint density at radius 2 is 1.76 bits per heavy atom. The summed E-state index contributed by atoms with van der Waals surface area (Å²) < 4.78 is 56.9. The van der Waals surface area contributed by atoms with Crippen LogP contribution in [0.15, 0.2) is 55.5 Å². The maximum Gasteiger partial charge on any atom is 0.435 e. The van der Waals surface area contributed by atoms with Gasteiger partial charge in [0.25, 0.3) is 0 Å². The van der Waals surface area contributed by atoms with Crippen LogP contribution in [-0.4, -0.2) is 49.1 Å². The highest BCUT2D eigenvalue weighted by molar-refractivity contribution is 5.92. The van der Waals surface area contributed by atoms with E-state index in [-0.39, 0.29) is 5.56 Å². The first-order valence-electron chi connectivity index (χ1n) is 13.8. The number of rotatable bonds is 8. The Hall–Kier alpha value is -4.61. The molecule has 0 amide bonds. The number of nitrogens with zero attached hydrogens (tertiary/aromatic N) is 7. The van der Waals surface area contributed by atoms with Gasteiger partial charge in [-0.1, -0.05) is 6.07 Å². The van der Waals surface area contributed by atoms with Crippen molar-refractivity contribution in [3.05, 3.63) is 77.9 Å². The summed E-state index contributed by atoms with van der Waals surface area (Å²) in [7, 11) is 1.51. The highest BCUT2D eigenvalue weighted by Gasteiger charge is 2.38. The molecule has 3 aromatic heterocycles. The minimum Gasteiger partial charge on any atom is -0.490 e. The molecule has 1 aliphatic heterocycles. The first-order valence-corrected chi connectivity index (χ1v) is 13.8. The van der Waals surface area contributed by atoms with E-state index in [4.69, 9.17) is 9.47 Å². The van der Waals surface area contributed by atoms with E-state index in [0.717, 1.165) is 33.4 Å². The lowest BCUT2D eigenvalue weighted by atomic mass is 9.88. The van der Waals surface area contributed by atoms with Crippen molar-refractivity contribution in [2.75, 3.05) is 24.7 Å². The Labute approximate surface area is 240 Å². The first kappa shape index (κ1) is 27.6. The molecule has 4 heterocycles. The molecule has 0 aliphatic carbocycles. The van der Waals surface area contributed by atoms with Gasteiger partial charge in [-0.2, -0.15) is 18.3 Å². The number of ether oxygens (including phenoxy) is 2. The highest BCUT2D eigenvalue weighted by atomic mass is 19.4. The molecule has 0 saturated heterocycles. The number of alkyl halides is 3. The van der Waals surface area contributed by atoms with Crippen LogP contribution in [0.25, 0.3) is 22.0 Å². The highest BCUT2D eigenvalue weighted by Crippen LogP contribution is 2.41. The van der Waals surface area contributed by atoms with E-state index in [1.807, 2.05) is 42.8 Å². The van der Waals surface area contributed by atoms with Gasteiger partial charge in [0.1, 0.15) is 12.1 Å². The van der Waals surface area contributed by atoms with Gasteiger partial charge in [-0.15, -0.1) is 0 Å². The number of benzene rings is 2. The van der Waals surface area contributed by atoms with Gasteiger partial charge in [0.05, 0.1) is 25.1 Å². The first-order chi connectivity index (χ1) is 20.2. The molecule has 0 radical (unpaired) electrons. The van der Waals surface area contributed by atoms with E-state index in [1.54, 1.807) is 12.5 Å². The Morgan fingerprint density at radius 1 is 0.976 bits per heavy atom. The molecular formula is C30H30F3N7O2. The summed E-state index contributed by atoms with van der Waals surface area (Å²) in [4.78, 5) is 15.4. The number of hydrogen-bond acceptors (Lipinski definition) is 7. The molecular weight excluding hydrogens is 547 g/mol. The normalized spacial score (nSPS) is 13.4. The smallest absolute Gasteiger partial charge is 0.435 e. The van der Waals surface area contributed by atoms with Crippen molar-refractivity contribution in [1.82, 2.24) is 29.3 Å². The van der Waals surface area contributed by atoms with Gasteiger partial charge in [-0.05, 0) is 54.7 Å². The van der Waals surface area contributed by atoms with Crippen molar-refractivity contribution < 1.29 is 22.6 Å². The molecule has 12 heteroatoms. The summed E-state index contributed by atoms with van der Waals surface area (Å²) in [6, 6.07) is 7.68. The monoisotopic (exact) mass is 577 g/mol. The summed E-state index contributed by atoms with van der Waals surface area (Å²) in [5.74, 6) is 1.96. The molecule has 0 saturated carbocycles. The van der Waals surface area contributed by atoms with Crippen LogP contribution in [0.5, 0.6) is 11.5 Å². The second kappa shape index (κ2) is 11.0. The maximum atomic E-state index is 14.1. The van der Waals surface area contributed by atoms with Gasteiger partial charge in [0.15, 0.2) is 17.2 Å². The third-order valence-electron chi connectivity index (χ3n) is 7.29. The standard InChI is InChI=1S/C30H30F3N7O2/c1-4-41-26-12-23-25(13-27(26)42-5-2)35-17-36-29(23)40-8-6-21-20(15-40)10-19(14-39-9-7-34-18-39)11-22(21)24-16-38(3)37-28(24)30(31,32)33/h7,9-13,16-18H,4-6,8,14-15H2,1-3H3. The molecule has 0 bridgehead atoms. The van der Waals surface area contributed by atoms with Crippen LogP contribution < -0.4 is 14.4 Å². The number of halogens is 3. The van der Waals surface area contributed by atoms with Crippen LogP contribution in [0.2, 0.25) is 0 Å². The summed E-state index contributed by atoms with van der Waals surface area (Å²) >= 11 is 0. The van der Waals surface area contributed by atoms with E-state index >= 15 is 0 Å². The Bertz CT molecular complexity index is 1730. The predicted molar refractivity (Wildman–Crippen MR) is 152 cm³/mol. The number of hydrogen-bond donors (Lipinski definition) is 0. The largest absolute Gasteiger partial charge is 0.490 e. The zero-order valence-corrected chi connectivity index (χ0v) is 23.5. The van der Waals surface area contributed by atoms with Crippen LogP contribution in [0.1, 0.15) is 36.2 Å². The third kappa shape index (κ3) is 5.24. The Morgan fingerprint density at radius 3 is 2.48 bits per heavy atom. The average molecular weight is 578 g/mol. The predicted octanol–water partition coefficient (Wildman–Crippen LogP) is 5.65. The zero-order chi connectivity index (χ0) is 29.4. The number of anilines is 1. The van der Waals surface area contributed by atoms with Crippen LogP contribution in [-0.2, 0) is 32.7 Å². The number of aryl methyl sites for hydroxylation is 1. The topological polar surface area (TPSA) is 83.1 Å². The number of imidazole rings is 1. The number of fused-ring (bicyclic) bond motifs is 2. The van der Waals surface area contributed by atoms with Gasteiger partial charge < -0.3 is 18.9 Å². The summed E-state index contributed by atoms with van der Waals surface area (Å²) in [6.45, 7) is 6.28. The number of aromatic nitrogens is 6. The van der Waals surface area contributed by atoms with Gasteiger partial charge in [0, 0.05) is 62.3 Å². The molecule has 0 spiro atoms. The van der Waals surface area contributed by atoms with E-state index in [1.165, 1.54) is 24.3 Å². The lowest BCUT2D eigenvalue weighted by molar-refractivity contribution is -0.140. The molecule has 0 atom stereocenters. The molecule has 2 aromatic carbocycles. The average Bonchev–Trinajstić information content (AvgIpc) is 3.62. The van der Waals surface area contributed by atoms with Gasteiger partial charge in [-0.25, -0.2) is 15.0 Å². The fraction of sp³-hybridized carbons (Fsp3) is 0.333. The van der Waals surface area contributed by atoms with E-state index < -0.39 is 11.9 Å². The third-order valence-corrected chi connectivity index (χ3v) is 7.29. The van der Waals surface area contributed by atoms with Crippen LogP contribution >= 0.6 is 0 Å². The molecule has 218 valence electrons. The minimum atomic E-state index is -4.58. The summed E-state index contributed by atoms with van der Waals surface area (Å²) in [6.07, 6.45) is 4.13. The van der Waals surface area contributed by atoms with Crippen molar-refractivity contribution in [2.45, 2.75) is 39.5 Å². The summed E-state index contributed by atoms with van der Waals surface area (Å²) in [5.41, 5.74) is 3.16. The lowest BCUT2D eigenvalue weighted by Crippen LogP contribution is -2.32. The second-order valence-corrected chi connectivity index (χ2v) is 10.1. The van der Waals surface area contributed by atoms with Crippen LogP contribution in [0, 0.1) is 0 Å². The molecule has 5 aromatic rings. The van der Waals surface area contributed by atoms with Crippen molar-refractivity contribution in [3.63, 3.8) is 0 Å². The molecule has 0 fully saturated rings. The van der Waals surface area contributed by atoms with E-state index in [9.17, 15) is 13.2 Å². The quantitative estimate of drug-likeness (QED) is 0.236. The molecule has 1 aliphatic rings. The fourth-order valence-electron chi connectivity index (χ4n) is 5.60. The molecule has 6 rings (SSSR count). The molecule has 9 nitrogen and oxygen atoms in total. The van der Waals surface area contributed by atoms with Crippen molar-refractivity contribution in [2.24, 2.45) is 7.05 Å². The minimum absolute atomic E-state index is 0.0828. The van der Waals surface area contributed by atoms with Crippen molar-refractivity contribution in [3.8, 4) is 22.6 Å². The van der Waals surface area contributed by atoms with E-state index in [2.05, 4.69) is 31.0 Å².